The molecule has 9 N–H and O–H groups in total. The fraction of sp³-hybridized carbons (Fsp3) is 0.982. The second kappa shape index (κ2) is 42.4. The van der Waals surface area contributed by atoms with Gasteiger partial charge in [-0.2, -0.15) is 0 Å². The topological polar surface area (TPSA) is 228 Å². The molecule has 14 nitrogen and oxygen atoms in total. The molecule has 410 valence electrons. The van der Waals surface area contributed by atoms with Gasteiger partial charge in [0.15, 0.2) is 12.6 Å². The van der Waals surface area contributed by atoms with Crippen molar-refractivity contribution in [3.8, 4) is 0 Å². The van der Waals surface area contributed by atoms with Crippen LogP contribution in [0, 0.1) is 0 Å². The lowest BCUT2D eigenvalue weighted by Crippen LogP contribution is -2.65. The summed E-state index contributed by atoms with van der Waals surface area (Å²) in [7, 11) is 0. The molecule has 0 aromatic heterocycles. The third kappa shape index (κ3) is 28.9. The van der Waals surface area contributed by atoms with E-state index in [0.29, 0.717) is 12.8 Å². The first-order valence-corrected chi connectivity index (χ1v) is 28.8. The highest BCUT2D eigenvalue weighted by Gasteiger charge is 2.51. The van der Waals surface area contributed by atoms with Crippen molar-refractivity contribution < 1.29 is 64.6 Å². The van der Waals surface area contributed by atoms with Gasteiger partial charge in [0.05, 0.1) is 32.0 Å². The van der Waals surface area contributed by atoms with Gasteiger partial charge in [0.1, 0.15) is 48.8 Å². The third-order valence-electron chi connectivity index (χ3n) is 14.6. The van der Waals surface area contributed by atoms with Crippen molar-refractivity contribution in [2.75, 3.05) is 19.8 Å². The van der Waals surface area contributed by atoms with Crippen molar-refractivity contribution in [2.45, 2.75) is 325 Å². The number of hydrogen-bond donors (Lipinski definition) is 9. The van der Waals surface area contributed by atoms with Crippen LogP contribution in [0.3, 0.4) is 0 Å². The van der Waals surface area contributed by atoms with Gasteiger partial charge in [-0.15, -0.1) is 0 Å². The van der Waals surface area contributed by atoms with E-state index in [-0.39, 0.29) is 12.5 Å². The Morgan fingerprint density at radius 2 is 0.826 bits per heavy atom. The van der Waals surface area contributed by atoms with Gasteiger partial charge in [0.2, 0.25) is 5.91 Å². The minimum atomic E-state index is -1.78. The number of aliphatic hydroxyl groups is 8. The van der Waals surface area contributed by atoms with Crippen LogP contribution in [0.15, 0.2) is 0 Å². The van der Waals surface area contributed by atoms with Gasteiger partial charge in [-0.05, 0) is 12.8 Å². The molecule has 0 saturated carbocycles. The summed E-state index contributed by atoms with van der Waals surface area (Å²) >= 11 is 0. The molecule has 0 aromatic carbocycles. The maximum absolute atomic E-state index is 13.2. The molecule has 2 rings (SSSR count). The lowest BCUT2D eigenvalue weighted by molar-refractivity contribution is -0.359. The highest BCUT2D eigenvalue weighted by molar-refractivity contribution is 5.76. The predicted octanol–water partition coefficient (Wildman–Crippen LogP) is 8.95. The molecule has 2 heterocycles. The van der Waals surface area contributed by atoms with Gasteiger partial charge >= 0.3 is 0 Å². The Labute approximate surface area is 419 Å². The molecule has 0 aromatic rings. The SMILES string of the molecule is CCCCCCCCCCCCCCCCCCCCCCCCCCCC(O)C(COC1OC(CO)C(OC2OC(CO)C(O)C(O)C2O)C(O)C1O)NC(=O)CCCCCCCCCCCC. The monoisotopic (exact) mass is 990 g/mol. The van der Waals surface area contributed by atoms with Gasteiger partial charge < -0.3 is 65.1 Å². The molecule has 0 spiro atoms. The fourth-order valence-corrected chi connectivity index (χ4v) is 9.89. The summed E-state index contributed by atoms with van der Waals surface area (Å²) in [6, 6.07) is -0.821. The van der Waals surface area contributed by atoms with Crippen molar-refractivity contribution in [2.24, 2.45) is 0 Å². The normalized spacial score (nSPS) is 26.1. The van der Waals surface area contributed by atoms with Gasteiger partial charge in [0.25, 0.3) is 0 Å². The minimum absolute atomic E-state index is 0.205. The van der Waals surface area contributed by atoms with Crippen molar-refractivity contribution in [3.63, 3.8) is 0 Å². The number of unbranched alkanes of at least 4 members (excludes halogenated alkanes) is 33. The Bertz CT molecular complexity index is 1170. The van der Waals surface area contributed by atoms with E-state index in [2.05, 4.69) is 19.2 Å². The molecule has 2 fully saturated rings. The van der Waals surface area contributed by atoms with Crippen LogP contribution >= 0.6 is 0 Å². The summed E-state index contributed by atoms with van der Waals surface area (Å²) in [5, 5.41) is 87.0. The van der Waals surface area contributed by atoms with Crippen LogP contribution in [-0.2, 0) is 23.7 Å². The Morgan fingerprint density at radius 1 is 0.464 bits per heavy atom. The number of hydrogen-bond acceptors (Lipinski definition) is 13. The second-order valence-electron chi connectivity index (χ2n) is 20.8. The maximum Gasteiger partial charge on any atom is 0.220 e. The smallest absolute Gasteiger partial charge is 0.220 e. The standard InChI is InChI=1S/C55H107NO13/c1-3-5-7-9-11-13-15-16-17-18-19-20-21-22-23-24-25-26-27-28-29-30-32-34-36-38-44(59)43(56-47(60)39-37-35-33-31-14-12-10-8-6-4-2)42-66-54-52(65)50(63)53(46(41-58)68-54)69-55-51(64)49(62)48(61)45(40-57)67-55/h43-46,48-55,57-59,61-65H,3-42H2,1-2H3,(H,56,60). The molecule has 2 saturated heterocycles. The molecular weight excluding hydrogens is 883 g/mol. The van der Waals surface area contributed by atoms with E-state index in [4.69, 9.17) is 18.9 Å². The van der Waals surface area contributed by atoms with Gasteiger partial charge in [-0.25, -0.2) is 0 Å². The van der Waals surface area contributed by atoms with Crippen LogP contribution < -0.4 is 5.32 Å². The number of carbonyl (C=O) groups excluding carboxylic acids is 1. The molecule has 0 aliphatic carbocycles. The zero-order valence-corrected chi connectivity index (χ0v) is 43.8. The first-order valence-electron chi connectivity index (χ1n) is 28.8. The van der Waals surface area contributed by atoms with Crippen LogP contribution in [-0.4, -0.2) is 140 Å². The molecule has 2 aliphatic rings. The molecule has 69 heavy (non-hydrogen) atoms. The number of rotatable bonds is 46. The van der Waals surface area contributed by atoms with Gasteiger partial charge in [-0.3, -0.25) is 4.79 Å². The number of ether oxygens (including phenoxy) is 4. The van der Waals surface area contributed by atoms with E-state index in [9.17, 15) is 45.6 Å². The van der Waals surface area contributed by atoms with E-state index in [0.717, 1.165) is 51.4 Å². The van der Waals surface area contributed by atoms with Crippen LogP contribution in [0.1, 0.15) is 251 Å². The van der Waals surface area contributed by atoms with Crippen molar-refractivity contribution >= 4 is 5.91 Å². The van der Waals surface area contributed by atoms with E-state index in [1.807, 2.05) is 0 Å². The van der Waals surface area contributed by atoms with Gasteiger partial charge in [-0.1, -0.05) is 232 Å². The molecule has 12 atom stereocenters. The molecule has 14 heteroatoms. The largest absolute Gasteiger partial charge is 0.394 e. The summed E-state index contributed by atoms with van der Waals surface area (Å²) < 4.78 is 22.8. The average molecular weight is 990 g/mol. The first kappa shape index (κ1) is 64.1. The summed E-state index contributed by atoms with van der Waals surface area (Å²) in [5.74, 6) is -0.205. The average Bonchev–Trinajstić information content (AvgIpc) is 3.35. The highest BCUT2D eigenvalue weighted by Crippen LogP contribution is 2.30. The number of carbonyl (C=O) groups is 1. The minimum Gasteiger partial charge on any atom is -0.394 e. The number of amides is 1. The molecule has 2 aliphatic heterocycles. The van der Waals surface area contributed by atoms with E-state index in [1.54, 1.807) is 0 Å². The molecular formula is C55H107NO13. The van der Waals surface area contributed by atoms with E-state index >= 15 is 0 Å². The van der Waals surface area contributed by atoms with E-state index in [1.165, 1.54) is 173 Å². The first-order chi connectivity index (χ1) is 33.6. The van der Waals surface area contributed by atoms with Crippen LogP contribution in [0.2, 0.25) is 0 Å². The molecule has 12 unspecified atom stereocenters. The molecule has 1 amide bonds. The van der Waals surface area contributed by atoms with E-state index < -0.39 is 86.8 Å². The Balaban J connectivity index is 1.70. The fourth-order valence-electron chi connectivity index (χ4n) is 9.89. The maximum atomic E-state index is 13.2. The summed E-state index contributed by atoms with van der Waals surface area (Å²) in [4.78, 5) is 13.2. The Hall–Kier alpha value is -1.01. The highest BCUT2D eigenvalue weighted by atomic mass is 16.7. The number of aliphatic hydroxyl groups excluding tert-OH is 8. The van der Waals surface area contributed by atoms with Crippen LogP contribution in [0.25, 0.3) is 0 Å². The Morgan fingerprint density at radius 3 is 1.23 bits per heavy atom. The molecule has 0 radical (unpaired) electrons. The predicted molar refractivity (Wildman–Crippen MR) is 272 cm³/mol. The summed E-state index contributed by atoms with van der Waals surface area (Å²) in [6.45, 7) is 2.86. The van der Waals surface area contributed by atoms with Crippen LogP contribution in [0.4, 0.5) is 0 Å². The van der Waals surface area contributed by atoms with Crippen molar-refractivity contribution in [1.82, 2.24) is 5.32 Å². The van der Waals surface area contributed by atoms with Crippen molar-refractivity contribution in [3.05, 3.63) is 0 Å². The zero-order valence-electron chi connectivity index (χ0n) is 43.8. The quantitative estimate of drug-likeness (QED) is 0.0260. The lowest BCUT2D eigenvalue weighted by Gasteiger charge is -2.46. The van der Waals surface area contributed by atoms with Crippen molar-refractivity contribution in [1.29, 1.82) is 0 Å². The Kier molecular flexibility index (Phi) is 39.4. The lowest BCUT2D eigenvalue weighted by atomic mass is 9.97. The summed E-state index contributed by atoms with van der Waals surface area (Å²) in [6.07, 6.45) is 28.4. The number of nitrogens with one attached hydrogen (secondary N) is 1. The summed E-state index contributed by atoms with van der Waals surface area (Å²) in [5.41, 5.74) is 0. The molecule has 0 bridgehead atoms. The van der Waals surface area contributed by atoms with Crippen LogP contribution in [0.5, 0.6) is 0 Å². The zero-order chi connectivity index (χ0) is 50.3. The second-order valence-corrected chi connectivity index (χ2v) is 20.8. The van der Waals surface area contributed by atoms with Gasteiger partial charge in [0, 0.05) is 6.42 Å². The third-order valence-corrected chi connectivity index (χ3v) is 14.6.